The monoisotopic (exact) mass is 194 g/mol. The lowest BCUT2D eigenvalue weighted by atomic mass is 10.2. The molecular formula is C12H15FO. The molecule has 0 saturated heterocycles. The van der Waals surface area contributed by atoms with Crippen molar-refractivity contribution in [1.82, 2.24) is 0 Å². The summed E-state index contributed by atoms with van der Waals surface area (Å²) >= 11 is 0. The summed E-state index contributed by atoms with van der Waals surface area (Å²) in [4.78, 5) is 0. The second-order valence-electron chi connectivity index (χ2n) is 3.30. The Balaban J connectivity index is 2.60. The first-order valence-electron chi connectivity index (χ1n) is 4.69. The van der Waals surface area contributed by atoms with Crippen molar-refractivity contribution >= 4 is 0 Å². The minimum absolute atomic E-state index is 0.202. The van der Waals surface area contributed by atoms with Crippen LogP contribution < -0.4 is 4.74 Å². The summed E-state index contributed by atoms with van der Waals surface area (Å²) in [6, 6.07) is 4.74. The Morgan fingerprint density at radius 2 is 2.21 bits per heavy atom. The zero-order valence-corrected chi connectivity index (χ0v) is 8.64. The van der Waals surface area contributed by atoms with E-state index in [2.05, 4.69) is 6.58 Å². The molecule has 0 unspecified atom stereocenters. The van der Waals surface area contributed by atoms with Crippen molar-refractivity contribution in [3.63, 3.8) is 0 Å². The molecule has 0 spiro atoms. The SMILES string of the molecule is C=C(CC)COc1ccc(F)c(C)c1. The fourth-order valence-electron chi connectivity index (χ4n) is 0.994. The van der Waals surface area contributed by atoms with Gasteiger partial charge in [-0.3, -0.25) is 0 Å². The van der Waals surface area contributed by atoms with Gasteiger partial charge in [0, 0.05) is 0 Å². The molecule has 0 aliphatic rings. The minimum Gasteiger partial charge on any atom is -0.489 e. The Hall–Kier alpha value is -1.31. The van der Waals surface area contributed by atoms with E-state index in [9.17, 15) is 4.39 Å². The first-order valence-corrected chi connectivity index (χ1v) is 4.69. The molecule has 0 N–H and O–H groups in total. The summed E-state index contributed by atoms with van der Waals surface area (Å²) in [5.41, 5.74) is 1.64. The normalized spacial score (nSPS) is 9.93. The lowest BCUT2D eigenvalue weighted by Crippen LogP contribution is -1.99. The number of hydrogen-bond acceptors (Lipinski definition) is 1. The van der Waals surface area contributed by atoms with Gasteiger partial charge in [0.1, 0.15) is 18.2 Å². The van der Waals surface area contributed by atoms with Gasteiger partial charge in [-0.15, -0.1) is 0 Å². The third-order valence-electron chi connectivity index (χ3n) is 2.07. The van der Waals surface area contributed by atoms with E-state index in [4.69, 9.17) is 4.74 Å². The van der Waals surface area contributed by atoms with Crippen LogP contribution in [-0.4, -0.2) is 6.61 Å². The van der Waals surface area contributed by atoms with Crippen molar-refractivity contribution < 1.29 is 9.13 Å². The number of benzene rings is 1. The van der Waals surface area contributed by atoms with Crippen molar-refractivity contribution in [3.8, 4) is 5.75 Å². The van der Waals surface area contributed by atoms with Gasteiger partial charge >= 0.3 is 0 Å². The molecule has 1 nitrogen and oxygen atoms in total. The van der Waals surface area contributed by atoms with Gasteiger partial charge in [-0.2, -0.15) is 0 Å². The highest BCUT2D eigenvalue weighted by Gasteiger charge is 1.99. The third kappa shape index (κ3) is 2.87. The van der Waals surface area contributed by atoms with E-state index < -0.39 is 0 Å². The lowest BCUT2D eigenvalue weighted by molar-refractivity contribution is 0.348. The van der Waals surface area contributed by atoms with E-state index in [0.29, 0.717) is 17.9 Å². The van der Waals surface area contributed by atoms with Gasteiger partial charge in [0.05, 0.1) is 0 Å². The van der Waals surface area contributed by atoms with Gasteiger partial charge in [-0.1, -0.05) is 13.5 Å². The smallest absolute Gasteiger partial charge is 0.126 e. The second kappa shape index (κ2) is 4.80. The van der Waals surface area contributed by atoms with Crippen LogP contribution in [0.15, 0.2) is 30.4 Å². The molecule has 0 aliphatic heterocycles. The van der Waals surface area contributed by atoms with Gasteiger partial charge in [0.2, 0.25) is 0 Å². The lowest BCUT2D eigenvalue weighted by Gasteiger charge is -2.07. The molecule has 0 saturated carbocycles. The summed E-state index contributed by atoms with van der Waals surface area (Å²) in [5, 5.41) is 0. The summed E-state index contributed by atoms with van der Waals surface area (Å²) in [6.45, 7) is 8.08. The standard InChI is InChI=1S/C12H15FO/c1-4-9(2)8-14-11-5-6-12(13)10(3)7-11/h5-7H,2,4,8H2,1,3H3. The molecule has 76 valence electrons. The van der Waals surface area contributed by atoms with Gasteiger partial charge in [0.15, 0.2) is 0 Å². The van der Waals surface area contributed by atoms with Gasteiger partial charge in [0.25, 0.3) is 0 Å². The molecule has 0 aliphatic carbocycles. The molecule has 0 fully saturated rings. The molecule has 1 aromatic rings. The first kappa shape index (κ1) is 10.8. The molecule has 0 heterocycles. The molecule has 0 amide bonds. The first-order chi connectivity index (χ1) is 6.63. The predicted octanol–water partition coefficient (Wildman–Crippen LogP) is 3.48. The molecule has 0 aromatic heterocycles. The van der Waals surface area contributed by atoms with Crippen LogP contribution in [-0.2, 0) is 0 Å². The summed E-state index contributed by atoms with van der Waals surface area (Å²) in [5.74, 6) is 0.491. The number of rotatable bonds is 4. The van der Waals surface area contributed by atoms with Crippen molar-refractivity contribution in [3.05, 3.63) is 41.7 Å². The Morgan fingerprint density at radius 1 is 1.50 bits per heavy atom. The molecule has 0 radical (unpaired) electrons. The van der Waals surface area contributed by atoms with Gasteiger partial charge < -0.3 is 4.74 Å². The van der Waals surface area contributed by atoms with Crippen LogP contribution in [0.1, 0.15) is 18.9 Å². The molecule has 2 heteroatoms. The third-order valence-corrected chi connectivity index (χ3v) is 2.07. The van der Waals surface area contributed by atoms with Gasteiger partial charge in [-0.05, 0) is 42.7 Å². The van der Waals surface area contributed by atoms with Crippen LogP contribution in [0.3, 0.4) is 0 Å². The maximum absolute atomic E-state index is 12.9. The molecule has 1 aromatic carbocycles. The van der Waals surface area contributed by atoms with Gasteiger partial charge in [-0.25, -0.2) is 4.39 Å². The molecule has 14 heavy (non-hydrogen) atoms. The number of ether oxygens (including phenoxy) is 1. The largest absolute Gasteiger partial charge is 0.489 e. The van der Waals surface area contributed by atoms with E-state index in [-0.39, 0.29) is 5.82 Å². The van der Waals surface area contributed by atoms with E-state index >= 15 is 0 Å². The van der Waals surface area contributed by atoms with Crippen LogP contribution in [0.2, 0.25) is 0 Å². The average Bonchev–Trinajstić information content (AvgIpc) is 2.19. The van der Waals surface area contributed by atoms with Crippen molar-refractivity contribution in [2.75, 3.05) is 6.61 Å². The quantitative estimate of drug-likeness (QED) is 0.667. The summed E-state index contributed by atoms with van der Waals surface area (Å²) in [7, 11) is 0. The predicted molar refractivity (Wildman–Crippen MR) is 56.1 cm³/mol. The molecular weight excluding hydrogens is 179 g/mol. The van der Waals surface area contributed by atoms with E-state index in [1.807, 2.05) is 6.92 Å². The Morgan fingerprint density at radius 3 is 2.79 bits per heavy atom. The topological polar surface area (TPSA) is 9.23 Å². The van der Waals surface area contributed by atoms with E-state index in [1.54, 1.807) is 19.1 Å². The second-order valence-corrected chi connectivity index (χ2v) is 3.30. The van der Waals surface area contributed by atoms with Crippen LogP contribution in [0.4, 0.5) is 4.39 Å². The average molecular weight is 194 g/mol. The highest BCUT2D eigenvalue weighted by Crippen LogP contribution is 2.16. The fourth-order valence-corrected chi connectivity index (χ4v) is 0.994. The Labute approximate surface area is 84.2 Å². The number of hydrogen-bond donors (Lipinski definition) is 0. The molecule has 0 atom stereocenters. The maximum Gasteiger partial charge on any atom is 0.126 e. The van der Waals surface area contributed by atoms with Crippen LogP contribution in [0, 0.1) is 12.7 Å². The zero-order chi connectivity index (χ0) is 10.6. The molecule has 0 bridgehead atoms. The minimum atomic E-state index is -0.202. The van der Waals surface area contributed by atoms with Crippen LogP contribution >= 0.6 is 0 Å². The van der Waals surface area contributed by atoms with Crippen molar-refractivity contribution in [1.29, 1.82) is 0 Å². The molecule has 1 rings (SSSR count). The van der Waals surface area contributed by atoms with E-state index in [1.165, 1.54) is 6.07 Å². The number of halogens is 1. The Kier molecular flexibility index (Phi) is 3.69. The van der Waals surface area contributed by atoms with E-state index in [0.717, 1.165) is 12.0 Å². The van der Waals surface area contributed by atoms with Crippen molar-refractivity contribution in [2.24, 2.45) is 0 Å². The van der Waals surface area contributed by atoms with Crippen LogP contribution in [0.5, 0.6) is 5.75 Å². The Bertz CT molecular complexity index is 331. The maximum atomic E-state index is 12.9. The van der Waals surface area contributed by atoms with Crippen LogP contribution in [0.25, 0.3) is 0 Å². The van der Waals surface area contributed by atoms with Crippen molar-refractivity contribution in [2.45, 2.75) is 20.3 Å². The highest BCUT2D eigenvalue weighted by atomic mass is 19.1. The summed E-state index contributed by atoms with van der Waals surface area (Å²) < 4.78 is 18.3. The number of aryl methyl sites for hydroxylation is 1. The highest BCUT2D eigenvalue weighted by molar-refractivity contribution is 5.29. The fraction of sp³-hybridized carbons (Fsp3) is 0.333. The zero-order valence-electron chi connectivity index (χ0n) is 8.64. The summed E-state index contributed by atoms with van der Waals surface area (Å²) in [6.07, 6.45) is 0.903.